The summed E-state index contributed by atoms with van der Waals surface area (Å²) >= 11 is 0. The number of carbonyl (C=O) groups is 1. The number of hydrogen-bond donors (Lipinski definition) is 1. The van der Waals surface area contributed by atoms with Gasteiger partial charge in [-0.1, -0.05) is 24.3 Å². The number of likely N-dealkylation sites (tertiary alicyclic amines) is 2. The van der Waals surface area contributed by atoms with Crippen LogP contribution in [0.25, 0.3) is 0 Å². The van der Waals surface area contributed by atoms with Gasteiger partial charge in [0.25, 0.3) is 0 Å². The number of piperidine rings is 2. The minimum atomic E-state index is 0.287. The molecule has 0 saturated carbocycles. The van der Waals surface area contributed by atoms with E-state index >= 15 is 0 Å². The third-order valence-electron chi connectivity index (χ3n) is 7.19. The molecule has 1 aromatic carbocycles. The second-order valence-electron chi connectivity index (χ2n) is 9.05. The van der Waals surface area contributed by atoms with Crippen LogP contribution in [0.15, 0.2) is 36.8 Å². The van der Waals surface area contributed by atoms with Crippen molar-refractivity contribution in [3.8, 4) is 0 Å². The van der Waals surface area contributed by atoms with Crippen LogP contribution in [0.1, 0.15) is 42.5 Å². The van der Waals surface area contributed by atoms with Crippen molar-refractivity contribution < 1.29 is 4.79 Å². The lowest BCUT2D eigenvalue weighted by Gasteiger charge is -2.49. The highest BCUT2D eigenvalue weighted by atomic mass is 16.2. The van der Waals surface area contributed by atoms with Crippen LogP contribution < -0.4 is 0 Å². The summed E-state index contributed by atoms with van der Waals surface area (Å²) in [6, 6.07) is 9.58. The van der Waals surface area contributed by atoms with Crippen LogP contribution in [0.5, 0.6) is 0 Å². The Bertz CT molecular complexity index is 808. The van der Waals surface area contributed by atoms with Gasteiger partial charge in [-0.15, -0.1) is 0 Å². The lowest BCUT2D eigenvalue weighted by Crippen LogP contribution is -2.56. The minimum absolute atomic E-state index is 0.287. The lowest BCUT2D eigenvalue weighted by atomic mass is 9.73. The average Bonchev–Trinajstić information content (AvgIpc) is 3.38. The molecule has 2 saturated heterocycles. The molecule has 1 N–H and O–H groups in total. The van der Waals surface area contributed by atoms with Crippen molar-refractivity contribution in [1.82, 2.24) is 19.8 Å². The van der Waals surface area contributed by atoms with Crippen LogP contribution in [-0.4, -0.2) is 57.9 Å². The van der Waals surface area contributed by atoms with Crippen LogP contribution >= 0.6 is 0 Å². The fourth-order valence-electron chi connectivity index (χ4n) is 5.67. The van der Waals surface area contributed by atoms with Gasteiger partial charge in [-0.25, -0.2) is 4.98 Å². The quantitative estimate of drug-likeness (QED) is 0.890. The number of rotatable bonds is 4. The van der Waals surface area contributed by atoms with Gasteiger partial charge in [0, 0.05) is 55.8 Å². The van der Waals surface area contributed by atoms with E-state index in [1.165, 1.54) is 43.4 Å². The van der Waals surface area contributed by atoms with Gasteiger partial charge >= 0.3 is 0 Å². The van der Waals surface area contributed by atoms with Gasteiger partial charge < -0.3 is 9.88 Å². The molecule has 1 aliphatic carbocycles. The number of amides is 1. The number of H-pyrrole nitrogens is 1. The molecular weight excluding hydrogens is 348 g/mol. The fraction of sp³-hybridized carbons (Fsp3) is 0.565. The Morgan fingerprint density at radius 2 is 1.96 bits per heavy atom. The monoisotopic (exact) mass is 378 g/mol. The van der Waals surface area contributed by atoms with E-state index in [9.17, 15) is 4.79 Å². The maximum atomic E-state index is 12.6. The highest BCUT2D eigenvalue weighted by Crippen LogP contribution is 2.40. The van der Waals surface area contributed by atoms with Gasteiger partial charge in [0.05, 0.1) is 6.33 Å². The number of imidazole rings is 1. The molecule has 5 rings (SSSR count). The number of nitrogens with one attached hydrogen (secondary N) is 1. The van der Waals surface area contributed by atoms with Gasteiger partial charge in [-0.05, 0) is 49.8 Å². The van der Waals surface area contributed by atoms with Gasteiger partial charge in [0.1, 0.15) is 0 Å². The Balaban J connectivity index is 1.25. The van der Waals surface area contributed by atoms with E-state index in [1.54, 1.807) is 6.33 Å². The number of fused-ring (bicyclic) bond motifs is 1. The van der Waals surface area contributed by atoms with Crippen LogP contribution in [0.3, 0.4) is 0 Å². The molecule has 1 spiro atoms. The molecule has 3 aliphatic rings. The van der Waals surface area contributed by atoms with E-state index in [0.717, 1.165) is 38.2 Å². The molecule has 1 atom stereocenters. The second-order valence-corrected chi connectivity index (χ2v) is 9.05. The Morgan fingerprint density at radius 1 is 1.14 bits per heavy atom. The first-order chi connectivity index (χ1) is 13.7. The van der Waals surface area contributed by atoms with Crippen molar-refractivity contribution in [3.05, 3.63) is 53.6 Å². The summed E-state index contributed by atoms with van der Waals surface area (Å²) in [4.78, 5) is 24.7. The van der Waals surface area contributed by atoms with Crippen molar-refractivity contribution in [2.24, 2.45) is 5.41 Å². The molecule has 0 unspecified atom stereocenters. The summed E-state index contributed by atoms with van der Waals surface area (Å²) in [6.07, 6.45) is 11.1. The first kappa shape index (κ1) is 17.9. The minimum Gasteiger partial charge on any atom is -0.348 e. The largest absolute Gasteiger partial charge is 0.348 e. The van der Waals surface area contributed by atoms with E-state index in [4.69, 9.17) is 0 Å². The van der Waals surface area contributed by atoms with Crippen molar-refractivity contribution in [1.29, 1.82) is 0 Å². The molecule has 148 valence electrons. The van der Waals surface area contributed by atoms with Gasteiger partial charge in [-0.2, -0.15) is 0 Å². The van der Waals surface area contributed by atoms with E-state index in [0.29, 0.717) is 18.4 Å². The molecule has 2 aromatic rings. The molecule has 0 bridgehead atoms. The molecule has 28 heavy (non-hydrogen) atoms. The Hall–Kier alpha value is -2.14. The number of carbonyl (C=O) groups excluding carboxylic acids is 1. The zero-order chi connectivity index (χ0) is 19.0. The maximum Gasteiger partial charge on any atom is 0.222 e. The molecule has 1 amide bonds. The van der Waals surface area contributed by atoms with E-state index in [-0.39, 0.29) is 5.41 Å². The third-order valence-corrected chi connectivity index (χ3v) is 7.19. The van der Waals surface area contributed by atoms with E-state index in [1.807, 2.05) is 6.20 Å². The first-order valence-electron chi connectivity index (χ1n) is 10.8. The number of nitrogens with zero attached hydrogens (tertiary/aromatic N) is 3. The van der Waals surface area contributed by atoms with Gasteiger partial charge in [-0.3, -0.25) is 9.69 Å². The lowest BCUT2D eigenvalue weighted by molar-refractivity contribution is -0.139. The molecule has 3 heterocycles. The number of hydrogen-bond acceptors (Lipinski definition) is 3. The number of aromatic nitrogens is 2. The van der Waals surface area contributed by atoms with Gasteiger partial charge in [0.15, 0.2) is 0 Å². The molecular formula is C23H30N4O. The topological polar surface area (TPSA) is 52.2 Å². The smallest absolute Gasteiger partial charge is 0.222 e. The molecule has 1 aromatic heterocycles. The van der Waals surface area contributed by atoms with E-state index in [2.05, 4.69) is 44.0 Å². The fourth-order valence-corrected chi connectivity index (χ4v) is 5.67. The summed E-state index contributed by atoms with van der Waals surface area (Å²) in [7, 11) is 0. The highest BCUT2D eigenvalue weighted by Gasteiger charge is 2.43. The zero-order valence-electron chi connectivity index (χ0n) is 16.6. The van der Waals surface area contributed by atoms with Gasteiger partial charge in [0.2, 0.25) is 5.91 Å². The Morgan fingerprint density at radius 3 is 2.71 bits per heavy atom. The van der Waals surface area contributed by atoms with E-state index < -0.39 is 0 Å². The zero-order valence-corrected chi connectivity index (χ0v) is 16.6. The van der Waals surface area contributed by atoms with Crippen LogP contribution in [-0.2, 0) is 24.1 Å². The third kappa shape index (κ3) is 3.48. The average molecular weight is 379 g/mol. The summed E-state index contributed by atoms with van der Waals surface area (Å²) in [5.74, 6) is 0.329. The summed E-state index contributed by atoms with van der Waals surface area (Å²) in [6.45, 7) is 4.09. The molecule has 5 nitrogen and oxygen atoms in total. The number of benzene rings is 1. The van der Waals surface area contributed by atoms with Crippen molar-refractivity contribution in [2.75, 3.05) is 26.2 Å². The second kappa shape index (κ2) is 7.36. The predicted octanol–water partition coefficient (Wildman–Crippen LogP) is 2.82. The van der Waals surface area contributed by atoms with Crippen molar-refractivity contribution in [3.63, 3.8) is 0 Å². The van der Waals surface area contributed by atoms with Crippen LogP contribution in [0.4, 0.5) is 0 Å². The normalized spacial score (nSPS) is 26.1. The highest BCUT2D eigenvalue weighted by molar-refractivity contribution is 5.77. The summed E-state index contributed by atoms with van der Waals surface area (Å²) in [5.41, 5.74) is 4.47. The molecule has 2 fully saturated rings. The number of aromatic amines is 1. The molecule has 5 heteroatoms. The van der Waals surface area contributed by atoms with Crippen molar-refractivity contribution >= 4 is 5.91 Å². The predicted molar refractivity (Wildman–Crippen MR) is 109 cm³/mol. The Kier molecular flexibility index (Phi) is 4.71. The van der Waals surface area contributed by atoms with Crippen LogP contribution in [0, 0.1) is 5.41 Å². The van der Waals surface area contributed by atoms with Crippen LogP contribution in [0.2, 0.25) is 0 Å². The van der Waals surface area contributed by atoms with Crippen molar-refractivity contribution in [2.45, 2.75) is 51.0 Å². The molecule has 2 aliphatic heterocycles. The standard InChI is InChI=1S/C23H30N4O/c28-22-6-9-23(16-27(22)11-7-20-14-24-17-25-20)8-3-10-26(15-23)21-12-18-4-1-2-5-19(18)13-21/h1-2,4-5,14,17,21H,3,6-13,15-16H2,(H,24,25)/t23-/m0/s1. The molecule has 0 radical (unpaired) electrons. The summed E-state index contributed by atoms with van der Waals surface area (Å²) in [5, 5.41) is 0. The first-order valence-corrected chi connectivity index (χ1v) is 10.8. The maximum absolute atomic E-state index is 12.6. The summed E-state index contributed by atoms with van der Waals surface area (Å²) < 4.78 is 0. The SMILES string of the molecule is O=C1CC[C@]2(CCCN(C3Cc4ccccc4C3)C2)CN1CCc1cnc[nH]1. The Labute approximate surface area is 167 Å².